The number of amides is 2. The van der Waals surface area contributed by atoms with E-state index in [-0.39, 0.29) is 24.9 Å². The van der Waals surface area contributed by atoms with Crippen LogP contribution in [0.1, 0.15) is 5.56 Å². The van der Waals surface area contributed by atoms with Crippen LogP contribution in [0, 0.1) is 6.92 Å². The summed E-state index contributed by atoms with van der Waals surface area (Å²) in [6.45, 7) is 1.94. The molecule has 0 fully saturated rings. The van der Waals surface area contributed by atoms with Gasteiger partial charge in [0, 0.05) is 12.7 Å². The Morgan fingerprint density at radius 3 is 2.62 bits per heavy atom. The number of rotatable bonds is 5. The van der Waals surface area contributed by atoms with Crippen molar-refractivity contribution in [1.82, 2.24) is 25.1 Å². The SMILES string of the molecule is Cc1ccc(NC(=O)CN(C)C(=O)Cn2cnnn2)cc1. The number of hydrogen-bond donors (Lipinski definition) is 1. The van der Waals surface area contributed by atoms with Crippen molar-refractivity contribution in [1.29, 1.82) is 0 Å². The van der Waals surface area contributed by atoms with Gasteiger partial charge >= 0.3 is 0 Å². The van der Waals surface area contributed by atoms with Gasteiger partial charge < -0.3 is 10.2 Å². The summed E-state index contributed by atoms with van der Waals surface area (Å²) in [4.78, 5) is 25.1. The lowest BCUT2D eigenvalue weighted by Gasteiger charge is -2.16. The molecular formula is C13H16N6O2. The Hall–Kier alpha value is -2.77. The van der Waals surface area contributed by atoms with Crippen molar-refractivity contribution in [2.24, 2.45) is 0 Å². The monoisotopic (exact) mass is 288 g/mol. The van der Waals surface area contributed by atoms with Gasteiger partial charge in [-0.25, -0.2) is 4.68 Å². The highest BCUT2D eigenvalue weighted by atomic mass is 16.2. The minimum Gasteiger partial charge on any atom is -0.335 e. The quantitative estimate of drug-likeness (QED) is 0.841. The highest BCUT2D eigenvalue weighted by Crippen LogP contribution is 2.08. The maximum Gasteiger partial charge on any atom is 0.244 e. The molecule has 0 aliphatic rings. The van der Waals surface area contributed by atoms with E-state index in [1.165, 1.54) is 15.9 Å². The van der Waals surface area contributed by atoms with Gasteiger partial charge in [-0.2, -0.15) is 0 Å². The maximum absolute atomic E-state index is 11.9. The van der Waals surface area contributed by atoms with E-state index in [1.54, 1.807) is 7.05 Å². The van der Waals surface area contributed by atoms with Crippen molar-refractivity contribution in [3.8, 4) is 0 Å². The largest absolute Gasteiger partial charge is 0.335 e. The van der Waals surface area contributed by atoms with Crippen molar-refractivity contribution >= 4 is 17.5 Å². The molecule has 110 valence electrons. The van der Waals surface area contributed by atoms with Crippen LogP contribution in [0.5, 0.6) is 0 Å². The van der Waals surface area contributed by atoms with Crippen LogP contribution in [0.4, 0.5) is 5.69 Å². The maximum atomic E-state index is 11.9. The zero-order valence-electron chi connectivity index (χ0n) is 11.9. The lowest BCUT2D eigenvalue weighted by Crippen LogP contribution is -2.37. The zero-order valence-corrected chi connectivity index (χ0v) is 11.9. The molecule has 0 saturated heterocycles. The minimum atomic E-state index is -0.258. The molecule has 2 aromatic rings. The fourth-order valence-corrected chi connectivity index (χ4v) is 1.65. The van der Waals surface area contributed by atoms with Gasteiger partial charge in [-0.1, -0.05) is 17.7 Å². The van der Waals surface area contributed by atoms with Crippen LogP contribution >= 0.6 is 0 Å². The number of benzene rings is 1. The molecule has 1 heterocycles. The van der Waals surface area contributed by atoms with Crippen LogP contribution in [0.2, 0.25) is 0 Å². The van der Waals surface area contributed by atoms with Gasteiger partial charge in [0.2, 0.25) is 11.8 Å². The summed E-state index contributed by atoms with van der Waals surface area (Å²) >= 11 is 0. The molecule has 2 rings (SSSR count). The lowest BCUT2D eigenvalue weighted by atomic mass is 10.2. The summed E-state index contributed by atoms with van der Waals surface area (Å²) in [5, 5.41) is 13.2. The number of aromatic nitrogens is 4. The summed E-state index contributed by atoms with van der Waals surface area (Å²) in [7, 11) is 1.56. The number of carbonyl (C=O) groups excluding carboxylic acids is 2. The Morgan fingerprint density at radius 2 is 2.00 bits per heavy atom. The first-order chi connectivity index (χ1) is 10.0. The predicted molar refractivity (Wildman–Crippen MR) is 75.3 cm³/mol. The van der Waals surface area contributed by atoms with Crippen LogP contribution in [0.15, 0.2) is 30.6 Å². The van der Waals surface area contributed by atoms with E-state index in [1.807, 2.05) is 31.2 Å². The Balaban J connectivity index is 1.84. The predicted octanol–water partition coefficient (Wildman–Crippen LogP) is 0.0786. The smallest absolute Gasteiger partial charge is 0.244 e. The number of tetrazole rings is 1. The molecule has 8 heteroatoms. The van der Waals surface area contributed by atoms with Crippen molar-refractivity contribution in [2.75, 3.05) is 18.9 Å². The first kappa shape index (κ1) is 14.6. The summed E-state index contributed by atoms with van der Waals surface area (Å²) in [5.74, 6) is -0.507. The number of aryl methyl sites for hydroxylation is 1. The van der Waals surface area contributed by atoms with Crippen molar-refractivity contribution in [3.63, 3.8) is 0 Å². The molecule has 0 spiro atoms. The number of carbonyl (C=O) groups is 2. The lowest BCUT2D eigenvalue weighted by molar-refractivity contribution is -0.134. The normalized spacial score (nSPS) is 10.2. The summed E-state index contributed by atoms with van der Waals surface area (Å²) < 4.78 is 1.30. The molecule has 1 aromatic carbocycles. The second-order valence-corrected chi connectivity index (χ2v) is 4.67. The van der Waals surface area contributed by atoms with E-state index in [2.05, 4.69) is 20.8 Å². The molecule has 8 nitrogen and oxygen atoms in total. The second-order valence-electron chi connectivity index (χ2n) is 4.67. The first-order valence-electron chi connectivity index (χ1n) is 6.36. The van der Waals surface area contributed by atoms with Crippen LogP contribution in [0.3, 0.4) is 0 Å². The molecule has 2 amide bonds. The van der Waals surface area contributed by atoms with Gasteiger partial charge in [0.15, 0.2) is 0 Å². The zero-order chi connectivity index (χ0) is 15.2. The second kappa shape index (κ2) is 6.60. The third-order valence-electron chi connectivity index (χ3n) is 2.83. The average Bonchev–Trinajstić information content (AvgIpc) is 2.94. The minimum absolute atomic E-state index is 0.00130. The fourth-order valence-electron chi connectivity index (χ4n) is 1.65. The number of nitrogens with zero attached hydrogens (tertiary/aromatic N) is 5. The van der Waals surface area contributed by atoms with E-state index >= 15 is 0 Å². The highest BCUT2D eigenvalue weighted by molar-refractivity contribution is 5.94. The Morgan fingerprint density at radius 1 is 1.29 bits per heavy atom. The summed E-state index contributed by atoms with van der Waals surface area (Å²) in [5.41, 5.74) is 1.81. The van der Waals surface area contributed by atoms with Gasteiger partial charge in [-0.15, -0.1) is 5.10 Å². The molecule has 0 bridgehead atoms. The van der Waals surface area contributed by atoms with E-state index < -0.39 is 0 Å². The van der Waals surface area contributed by atoms with Gasteiger partial charge in [0.05, 0.1) is 6.54 Å². The molecule has 1 N–H and O–H groups in total. The fraction of sp³-hybridized carbons (Fsp3) is 0.308. The van der Waals surface area contributed by atoms with Gasteiger partial charge in [0.1, 0.15) is 12.9 Å². The third kappa shape index (κ3) is 4.37. The number of nitrogens with one attached hydrogen (secondary N) is 1. The van der Waals surface area contributed by atoms with Crippen LogP contribution < -0.4 is 5.32 Å². The topological polar surface area (TPSA) is 93.0 Å². The standard InChI is InChI=1S/C13H16N6O2/c1-10-3-5-11(6-4-10)15-12(20)7-18(2)13(21)8-19-9-14-16-17-19/h3-6,9H,7-8H2,1-2H3,(H,15,20). The van der Waals surface area contributed by atoms with Gasteiger partial charge in [0.25, 0.3) is 0 Å². The number of anilines is 1. The van der Waals surface area contributed by atoms with E-state index in [0.29, 0.717) is 5.69 Å². The first-order valence-corrected chi connectivity index (χ1v) is 6.36. The average molecular weight is 288 g/mol. The van der Waals surface area contributed by atoms with Gasteiger partial charge in [-0.05, 0) is 29.5 Å². The third-order valence-corrected chi connectivity index (χ3v) is 2.83. The molecule has 0 radical (unpaired) electrons. The van der Waals surface area contributed by atoms with E-state index in [9.17, 15) is 9.59 Å². The Labute approximate surface area is 121 Å². The van der Waals surface area contributed by atoms with Crippen LogP contribution in [-0.2, 0) is 16.1 Å². The molecule has 0 atom stereocenters. The molecule has 0 unspecified atom stereocenters. The van der Waals surface area contributed by atoms with E-state index in [0.717, 1.165) is 5.56 Å². The van der Waals surface area contributed by atoms with E-state index in [4.69, 9.17) is 0 Å². The van der Waals surface area contributed by atoms with Crippen LogP contribution in [0.25, 0.3) is 0 Å². The number of hydrogen-bond acceptors (Lipinski definition) is 5. The molecule has 0 saturated carbocycles. The molecular weight excluding hydrogens is 272 g/mol. The van der Waals surface area contributed by atoms with Gasteiger partial charge in [-0.3, -0.25) is 9.59 Å². The Kier molecular flexibility index (Phi) is 4.60. The van der Waals surface area contributed by atoms with Crippen molar-refractivity contribution < 1.29 is 9.59 Å². The summed E-state index contributed by atoms with van der Waals surface area (Å²) in [6, 6.07) is 7.44. The molecule has 21 heavy (non-hydrogen) atoms. The molecule has 1 aromatic heterocycles. The number of likely N-dealkylation sites (N-methyl/N-ethyl adjacent to an activating group) is 1. The van der Waals surface area contributed by atoms with Crippen LogP contribution in [-0.4, -0.2) is 50.5 Å². The van der Waals surface area contributed by atoms with Crippen molar-refractivity contribution in [3.05, 3.63) is 36.2 Å². The molecule has 0 aliphatic carbocycles. The van der Waals surface area contributed by atoms with Crippen molar-refractivity contribution in [2.45, 2.75) is 13.5 Å². The Bertz CT molecular complexity index is 608. The highest BCUT2D eigenvalue weighted by Gasteiger charge is 2.14. The molecule has 0 aliphatic heterocycles. The summed E-state index contributed by atoms with van der Waals surface area (Å²) in [6.07, 6.45) is 1.35.